The van der Waals surface area contributed by atoms with E-state index < -0.39 is 0 Å². The lowest BCUT2D eigenvalue weighted by atomic mass is 9.93. The van der Waals surface area contributed by atoms with Crippen LogP contribution in [0.5, 0.6) is 0 Å². The van der Waals surface area contributed by atoms with E-state index in [4.69, 9.17) is 5.73 Å². The molecule has 1 aromatic rings. The summed E-state index contributed by atoms with van der Waals surface area (Å²) >= 11 is 1.77. The molecule has 0 amide bonds. The lowest BCUT2D eigenvalue weighted by molar-refractivity contribution is 0.249. The second kappa shape index (κ2) is 9.57. The Morgan fingerprint density at radius 2 is 2.15 bits per heavy atom. The van der Waals surface area contributed by atoms with Gasteiger partial charge in [0.1, 0.15) is 0 Å². The fraction of sp³-hybridized carbons (Fsp3) is 0.643. The van der Waals surface area contributed by atoms with Crippen LogP contribution < -0.4 is 11.1 Å². The minimum absolute atomic E-state index is 0. The lowest BCUT2D eigenvalue weighted by Crippen LogP contribution is -2.36. The first kappa shape index (κ1) is 19.7. The van der Waals surface area contributed by atoms with E-state index in [1.54, 1.807) is 11.3 Å². The van der Waals surface area contributed by atoms with Gasteiger partial charge in [-0.2, -0.15) is 0 Å². The van der Waals surface area contributed by atoms with Gasteiger partial charge < -0.3 is 16.0 Å². The third kappa shape index (κ3) is 8.76. The van der Waals surface area contributed by atoms with E-state index in [2.05, 4.69) is 60.7 Å². The Morgan fingerprint density at radius 3 is 2.70 bits per heavy atom. The quantitative estimate of drug-likeness (QED) is 0.413. The molecule has 0 aromatic carbocycles. The zero-order valence-electron chi connectivity index (χ0n) is 12.8. The van der Waals surface area contributed by atoms with Crippen LogP contribution in [0.3, 0.4) is 0 Å². The van der Waals surface area contributed by atoms with Crippen molar-refractivity contribution in [2.24, 2.45) is 16.1 Å². The molecule has 0 bridgehead atoms. The van der Waals surface area contributed by atoms with Crippen molar-refractivity contribution in [1.29, 1.82) is 0 Å². The summed E-state index contributed by atoms with van der Waals surface area (Å²) in [6.45, 7) is 6.98. The molecule has 0 saturated carbocycles. The first-order chi connectivity index (χ1) is 8.89. The number of halogens is 1. The molecule has 0 aliphatic rings. The van der Waals surface area contributed by atoms with Crippen LogP contribution in [0.1, 0.15) is 18.7 Å². The van der Waals surface area contributed by atoms with Crippen LogP contribution in [-0.4, -0.2) is 44.6 Å². The second-order valence-corrected chi connectivity index (χ2v) is 6.89. The van der Waals surface area contributed by atoms with E-state index in [1.165, 1.54) is 4.88 Å². The van der Waals surface area contributed by atoms with Crippen LogP contribution in [0, 0.1) is 5.41 Å². The normalized spacial score (nSPS) is 12.3. The van der Waals surface area contributed by atoms with Crippen LogP contribution in [0.15, 0.2) is 22.5 Å². The van der Waals surface area contributed by atoms with Crippen molar-refractivity contribution in [2.45, 2.75) is 20.3 Å². The van der Waals surface area contributed by atoms with Crippen LogP contribution in [-0.2, 0) is 6.42 Å². The molecule has 1 heterocycles. The van der Waals surface area contributed by atoms with E-state index in [-0.39, 0.29) is 29.4 Å². The summed E-state index contributed by atoms with van der Waals surface area (Å²) in [5.74, 6) is 0.545. The number of nitrogens with zero attached hydrogens (tertiary/aromatic N) is 2. The lowest BCUT2D eigenvalue weighted by Gasteiger charge is -2.26. The van der Waals surface area contributed by atoms with Gasteiger partial charge in [0.05, 0.1) is 0 Å². The van der Waals surface area contributed by atoms with Gasteiger partial charge in [0.25, 0.3) is 0 Å². The van der Waals surface area contributed by atoms with Crippen molar-refractivity contribution in [3.8, 4) is 0 Å². The molecule has 1 rings (SSSR count). The van der Waals surface area contributed by atoms with E-state index in [0.29, 0.717) is 5.96 Å². The minimum Gasteiger partial charge on any atom is -0.370 e. The van der Waals surface area contributed by atoms with E-state index in [9.17, 15) is 0 Å². The summed E-state index contributed by atoms with van der Waals surface area (Å²) in [5, 5.41) is 5.26. The van der Waals surface area contributed by atoms with Gasteiger partial charge in [-0.3, -0.25) is 4.99 Å². The van der Waals surface area contributed by atoms with Crippen molar-refractivity contribution < 1.29 is 0 Å². The van der Waals surface area contributed by atoms with Crippen LogP contribution >= 0.6 is 35.3 Å². The fourth-order valence-corrected chi connectivity index (χ4v) is 2.74. The number of aliphatic imine (C=N–C) groups is 1. The largest absolute Gasteiger partial charge is 0.370 e. The maximum atomic E-state index is 5.88. The highest BCUT2D eigenvalue weighted by atomic mass is 127. The molecule has 0 aliphatic carbocycles. The van der Waals surface area contributed by atoms with Gasteiger partial charge in [-0.15, -0.1) is 35.3 Å². The molecule has 0 saturated heterocycles. The standard InChI is InChI=1S/C14H26N4S.HI/c1-14(2,11-18(3)4)10-17-13(15)16-8-7-12-6-5-9-19-12;/h5-6,9H,7-8,10-11H2,1-4H3,(H3,15,16,17);1H. The maximum Gasteiger partial charge on any atom is 0.188 e. The Balaban J connectivity index is 0.00000361. The summed E-state index contributed by atoms with van der Waals surface area (Å²) in [6, 6.07) is 4.21. The highest BCUT2D eigenvalue weighted by molar-refractivity contribution is 14.0. The number of nitrogens with one attached hydrogen (secondary N) is 1. The van der Waals surface area contributed by atoms with Crippen molar-refractivity contribution in [3.63, 3.8) is 0 Å². The van der Waals surface area contributed by atoms with Gasteiger partial charge in [0.15, 0.2) is 5.96 Å². The molecule has 0 aliphatic heterocycles. The average Bonchev–Trinajstić information content (AvgIpc) is 2.78. The molecular weight excluding hydrogens is 383 g/mol. The predicted octanol–water partition coefficient (Wildman–Crippen LogP) is 2.40. The molecule has 3 N–H and O–H groups in total. The summed E-state index contributed by atoms with van der Waals surface area (Å²) in [6.07, 6.45) is 0.995. The number of thiophene rings is 1. The monoisotopic (exact) mass is 410 g/mol. The molecule has 0 spiro atoms. The van der Waals surface area contributed by atoms with Crippen LogP contribution in [0.25, 0.3) is 0 Å². The first-order valence-corrected chi connectivity index (χ1v) is 7.48. The Morgan fingerprint density at radius 1 is 1.45 bits per heavy atom. The number of hydrogen-bond acceptors (Lipinski definition) is 3. The molecule has 116 valence electrons. The van der Waals surface area contributed by atoms with Gasteiger partial charge in [-0.1, -0.05) is 19.9 Å². The number of nitrogens with two attached hydrogens (primary N) is 1. The Kier molecular flexibility index (Phi) is 9.41. The van der Waals surface area contributed by atoms with Gasteiger partial charge in [0.2, 0.25) is 0 Å². The zero-order chi connectivity index (χ0) is 14.3. The third-order valence-electron chi connectivity index (χ3n) is 2.68. The molecule has 0 radical (unpaired) electrons. The highest BCUT2D eigenvalue weighted by Gasteiger charge is 2.18. The molecular formula is C14H27IN4S. The molecule has 4 nitrogen and oxygen atoms in total. The molecule has 6 heteroatoms. The number of rotatable bonds is 7. The second-order valence-electron chi connectivity index (χ2n) is 5.86. The van der Waals surface area contributed by atoms with Gasteiger partial charge in [-0.05, 0) is 37.4 Å². The molecule has 0 fully saturated rings. The first-order valence-electron chi connectivity index (χ1n) is 6.60. The van der Waals surface area contributed by atoms with Crippen molar-refractivity contribution in [3.05, 3.63) is 22.4 Å². The predicted molar refractivity (Wildman–Crippen MR) is 100 cm³/mol. The SMILES string of the molecule is CN(C)CC(C)(C)CN=C(N)NCCc1cccs1.I. The fourth-order valence-electron chi connectivity index (χ4n) is 2.03. The summed E-state index contributed by atoms with van der Waals surface area (Å²) < 4.78 is 0. The molecule has 0 atom stereocenters. The van der Waals surface area contributed by atoms with E-state index in [1.807, 2.05) is 0 Å². The number of hydrogen-bond donors (Lipinski definition) is 2. The van der Waals surface area contributed by atoms with E-state index >= 15 is 0 Å². The van der Waals surface area contributed by atoms with Crippen molar-refractivity contribution in [1.82, 2.24) is 10.2 Å². The Bertz CT molecular complexity index is 388. The summed E-state index contributed by atoms with van der Waals surface area (Å²) in [7, 11) is 4.15. The Labute approximate surface area is 143 Å². The summed E-state index contributed by atoms with van der Waals surface area (Å²) in [4.78, 5) is 7.97. The van der Waals surface area contributed by atoms with Gasteiger partial charge in [0, 0.05) is 24.5 Å². The molecule has 0 unspecified atom stereocenters. The van der Waals surface area contributed by atoms with Crippen molar-refractivity contribution in [2.75, 3.05) is 33.7 Å². The van der Waals surface area contributed by atoms with Gasteiger partial charge in [-0.25, -0.2) is 0 Å². The van der Waals surface area contributed by atoms with Gasteiger partial charge >= 0.3 is 0 Å². The molecule has 20 heavy (non-hydrogen) atoms. The average molecular weight is 410 g/mol. The minimum atomic E-state index is 0. The summed E-state index contributed by atoms with van der Waals surface area (Å²) in [5.41, 5.74) is 6.02. The Hall–Kier alpha value is -0.340. The number of guanidine groups is 1. The topological polar surface area (TPSA) is 53.6 Å². The highest BCUT2D eigenvalue weighted by Crippen LogP contribution is 2.15. The van der Waals surface area contributed by atoms with Crippen LogP contribution in [0.4, 0.5) is 0 Å². The zero-order valence-corrected chi connectivity index (χ0v) is 16.0. The van der Waals surface area contributed by atoms with E-state index in [0.717, 1.165) is 26.1 Å². The maximum absolute atomic E-state index is 5.88. The smallest absolute Gasteiger partial charge is 0.188 e. The third-order valence-corrected chi connectivity index (χ3v) is 3.62. The molecule has 1 aromatic heterocycles. The van der Waals surface area contributed by atoms with Crippen LogP contribution in [0.2, 0.25) is 0 Å². The van der Waals surface area contributed by atoms with Crippen molar-refractivity contribution >= 4 is 41.3 Å².